The molecule has 0 aromatic heterocycles. The highest BCUT2D eigenvalue weighted by Gasteiger charge is 2.30. The fourth-order valence-corrected chi connectivity index (χ4v) is 3.15. The SMILES string of the molecule is CC1=C(CCCCNC(=O)C(C)(C)C)C(=O)C(C)=C(c2ccccc2)C1=O. The van der Waals surface area contributed by atoms with E-state index in [2.05, 4.69) is 5.32 Å². The van der Waals surface area contributed by atoms with Gasteiger partial charge < -0.3 is 5.32 Å². The molecule has 0 atom stereocenters. The molecule has 144 valence electrons. The molecule has 1 aromatic carbocycles. The lowest BCUT2D eigenvalue weighted by Crippen LogP contribution is -2.35. The van der Waals surface area contributed by atoms with Crippen LogP contribution < -0.4 is 5.32 Å². The Morgan fingerprint density at radius 2 is 1.56 bits per heavy atom. The molecule has 27 heavy (non-hydrogen) atoms. The number of allylic oxidation sites excluding steroid dienone is 4. The van der Waals surface area contributed by atoms with Crippen LogP contribution in [0.1, 0.15) is 59.4 Å². The first-order valence-corrected chi connectivity index (χ1v) is 9.48. The zero-order chi connectivity index (χ0) is 20.2. The van der Waals surface area contributed by atoms with Gasteiger partial charge in [-0.05, 0) is 38.7 Å². The maximum absolute atomic E-state index is 12.9. The summed E-state index contributed by atoms with van der Waals surface area (Å²) in [6, 6.07) is 9.35. The predicted molar refractivity (Wildman–Crippen MR) is 108 cm³/mol. The van der Waals surface area contributed by atoms with Crippen molar-refractivity contribution in [3.05, 3.63) is 52.6 Å². The van der Waals surface area contributed by atoms with E-state index in [1.807, 2.05) is 51.1 Å². The summed E-state index contributed by atoms with van der Waals surface area (Å²) >= 11 is 0. The molecule has 0 unspecified atom stereocenters. The summed E-state index contributed by atoms with van der Waals surface area (Å²) in [6.07, 6.45) is 2.08. The number of unbranched alkanes of at least 4 members (excludes halogenated alkanes) is 1. The van der Waals surface area contributed by atoms with Crippen LogP contribution in [0, 0.1) is 5.41 Å². The number of nitrogens with one attached hydrogen (secondary N) is 1. The van der Waals surface area contributed by atoms with Crippen molar-refractivity contribution in [2.24, 2.45) is 5.41 Å². The summed E-state index contributed by atoms with van der Waals surface area (Å²) in [5.74, 6) is -0.0767. The second-order valence-electron chi connectivity index (χ2n) is 8.09. The lowest BCUT2D eigenvalue weighted by molar-refractivity contribution is -0.128. The minimum absolute atomic E-state index is 0.0214. The average molecular weight is 367 g/mol. The van der Waals surface area contributed by atoms with Crippen molar-refractivity contribution in [3.63, 3.8) is 0 Å². The first kappa shape index (κ1) is 20.8. The van der Waals surface area contributed by atoms with E-state index in [4.69, 9.17) is 0 Å². The summed E-state index contributed by atoms with van der Waals surface area (Å²) in [7, 11) is 0. The van der Waals surface area contributed by atoms with Crippen LogP contribution in [0.4, 0.5) is 0 Å². The number of hydrogen-bond donors (Lipinski definition) is 1. The highest BCUT2D eigenvalue weighted by molar-refractivity contribution is 6.39. The summed E-state index contributed by atoms with van der Waals surface area (Å²) < 4.78 is 0. The van der Waals surface area contributed by atoms with E-state index in [1.165, 1.54) is 0 Å². The van der Waals surface area contributed by atoms with Gasteiger partial charge in [-0.2, -0.15) is 0 Å². The van der Waals surface area contributed by atoms with Gasteiger partial charge in [0.15, 0.2) is 11.6 Å². The maximum Gasteiger partial charge on any atom is 0.225 e. The normalized spacial score (nSPS) is 15.4. The van der Waals surface area contributed by atoms with Crippen LogP contribution >= 0.6 is 0 Å². The van der Waals surface area contributed by atoms with Gasteiger partial charge in [-0.3, -0.25) is 14.4 Å². The fraction of sp³-hybridized carbons (Fsp3) is 0.435. The van der Waals surface area contributed by atoms with Gasteiger partial charge in [-0.25, -0.2) is 0 Å². The Morgan fingerprint density at radius 3 is 2.15 bits per heavy atom. The minimum Gasteiger partial charge on any atom is -0.356 e. The molecule has 0 radical (unpaired) electrons. The monoisotopic (exact) mass is 367 g/mol. The molecule has 0 heterocycles. The van der Waals surface area contributed by atoms with Crippen LogP contribution in [0.2, 0.25) is 0 Å². The van der Waals surface area contributed by atoms with Gasteiger partial charge in [0.05, 0.1) is 0 Å². The van der Waals surface area contributed by atoms with Crippen LogP contribution in [-0.4, -0.2) is 24.0 Å². The van der Waals surface area contributed by atoms with Crippen molar-refractivity contribution in [2.75, 3.05) is 6.54 Å². The van der Waals surface area contributed by atoms with Gasteiger partial charge in [0.2, 0.25) is 5.91 Å². The van der Waals surface area contributed by atoms with Crippen LogP contribution in [0.5, 0.6) is 0 Å². The Bertz CT molecular complexity index is 808. The lowest BCUT2D eigenvalue weighted by Gasteiger charge is -2.21. The van der Waals surface area contributed by atoms with E-state index >= 15 is 0 Å². The molecule has 1 aromatic rings. The molecule has 0 aliphatic heterocycles. The summed E-state index contributed by atoms with van der Waals surface area (Å²) in [5, 5.41) is 2.91. The fourth-order valence-electron chi connectivity index (χ4n) is 3.15. The molecule has 4 heteroatoms. The third kappa shape index (κ3) is 4.82. The molecular formula is C23H29NO3. The van der Waals surface area contributed by atoms with Crippen LogP contribution in [0.25, 0.3) is 5.57 Å². The third-order valence-corrected chi connectivity index (χ3v) is 4.89. The number of rotatable bonds is 6. The van der Waals surface area contributed by atoms with Crippen molar-refractivity contribution in [1.29, 1.82) is 0 Å². The second kappa shape index (κ2) is 8.47. The number of benzene rings is 1. The van der Waals surface area contributed by atoms with Crippen molar-refractivity contribution < 1.29 is 14.4 Å². The zero-order valence-electron chi connectivity index (χ0n) is 16.9. The molecular weight excluding hydrogens is 338 g/mol. The molecule has 1 aliphatic rings. The predicted octanol–water partition coefficient (Wildman–Crippen LogP) is 4.26. The molecule has 1 aliphatic carbocycles. The van der Waals surface area contributed by atoms with Crippen molar-refractivity contribution >= 4 is 23.0 Å². The Morgan fingerprint density at radius 1 is 0.926 bits per heavy atom. The first-order chi connectivity index (χ1) is 12.6. The van der Waals surface area contributed by atoms with Gasteiger partial charge in [-0.1, -0.05) is 51.1 Å². The van der Waals surface area contributed by atoms with Gasteiger partial charge in [0.1, 0.15) is 0 Å². The molecule has 0 bridgehead atoms. The van der Waals surface area contributed by atoms with Crippen molar-refractivity contribution in [3.8, 4) is 0 Å². The standard InChI is InChI=1S/C23H29NO3/c1-15-18(13-9-10-14-24-22(27)23(3,4)5)20(25)16(2)19(21(15)26)17-11-7-6-8-12-17/h6-8,11-12H,9-10,13-14H2,1-5H3,(H,24,27). The molecule has 1 N–H and O–H groups in total. The smallest absolute Gasteiger partial charge is 0.225 e. The highest BCUT2D eigenvalue weighted by Crippen LogP contribution is 2.32. The lowest BCUT2D eigenvalue weighted by atomic mass is 9.81. The quantitative estimate of drug-likeness (QED) is 0.603. The summed E-state index contributed by atoms with van der Waals surface area (Å²) in [5.41, 5.74) is 2.58. The molecule has 2 rings (SSSR count). The first-order valence-electron chi connectivity index (χ1n) is 9.48. The highest BCUT2D eigenvalue weighted by atomic mass is 16.2. The molecule has 1 amide bonds. The molecule has 0 saturated heterocycles. The van der Waals surface area contributed by atoms with Gasteiger partial charge in [-0.15, -0.1) is 0 Å². The van der Waals surface area contributed by atoms with E-state index in [1.54, 1.807) is 13.8 Å². The van der Waals surface area contributed by atoms with Crippen molar-refractivity contribution in [2.45, 2.75) is 53.9 Å². The minimum atomic E-state index is -0.402. The van der Waals surface area contributed by atoms with Crippen LogP contribution in [-0.2, 0) is 14.4 Å². The molecule has 0 spiro atoms. The van der Waals surface area contributed by atoms with E-state index < -0.39 is 5.41 Å². The second-order valence-corrected chi connectivity index (χ2v) is 8.09. The number of hydrogen-bond acceptors (Lipinski definition) is 3. The Balaban J connectivity index is 2.01. The average Bonchev–Trinajstić information content (AvgIpc) is 2.62. The third-order valence-electron chi connectivity index (χ3n) is 4.89. The maximum atomic E-state index is 12.9. The topological polar surface area (TPSA) is 63.2 Å². The Hall–Kier alpha value is -2.49. The zero-order valence-corrected chi connectivity index (χ0v) is 16.9. The van der Waals surface area contributed by atoms with E-state index in [0.29, 0.717) is 35.3 Å². The molecule has 4 nitrogen and oxygen atoms in total. The number of ketones is 2. The van der Waals surface area contributed by atoms with Gasteiger partial charge in [0.25, 0.3) is 0 Å². The van der Waals surface area contributed by atoms with Crippen LogP contribution in [0.3, 0.4) is 0 Å². The molecule has 0 saturated carbocycles. The number of amides is 1. The van der Waals surface area contributed by atoms with E-state index in [9.17, 15) is 14.4 Å². The molecule has 0 fully saturated rings. The Labute approximate surface area is 161 Å². The van der Waals surface area contributed by atoms with Gasteiger partial charge in [0, 0.05) is 34.3 Å². The van der Waals surface area contributed by atoms with Gasteiger partial charge >= 0.3 is 0 Å². The largest absolute Gasteiger partial charge is 0.356 e. The Kier molecular flexibility index (Phi) is 6.53. The number of Topliss-reactive ketones (excluding diaryl/α,β-unsaturated/α-hetero) is 2. The van der Waals surface area contributed by atoms with Crippen molar-refractivity contribution in [1.82, 2.24) is 5.32 Å². The summed E-state index contributed by atoms with van der Waals surface area (Å²) in [4.78, 5) is 37.6. The number of carbonyl (C=O) groups excluding carboxylic acids is 3. The summed E-state index contributed by atoms with van der Waals surface area (Å²) in [6.45, 7) is 9.69. The van der Waals surface area contributed by atoms with E-state index in [0.717, 1.165) is 18.4 Å². The number of carbonyl (C=O) groups is 3. The van der Waals surface area contributed by atoms with Crippen LogP contribution in [0.15, 0.2) is 47.1 Å². The van der Waals surface area contributed by atoms with E-state index in [-0.39, 0.29) is 17.5 Å².